The number of amides is 2. The average molecular weight is 418 g/mol. The van der Waals surface area contributed by atoms with E-state index in [1.807, 2.05) is 19.1 Å². The Morgan fingerprint density at radius 2 is 2.00 bits per heavy atom. The quantitative estimate of drug-likeness (QED) is 0.712. The summed E-state index contributed by atoms with van der Waals surface area (Å²) in [6, 6.07) is 5.48. The number of halogens is 1. The van der Waals surface area contributed by atoms with Crippen LogP contribution in [0.1, 0.15) is 50.5 Å². The summed E-state index contributed by atoms with van der Waals surface area (Å²) in [7, 11) is 0. The van der Waals surface area contributed by atoms with Crippen LogP contribution < -0.4 is 10.6 Å². The first kappa shape index (κ1) is 18.4. The normalized spacial score (nSPS) is 13.3. The van der Waals surface area contributed by atoms with E-state index in [1.165, 1.54) is 0 Å². The number of nitrogens with one attached hydrogen (secondary N) is 3. The maximum absolute atomic E-state index is 12.4. The largest absolute Gasteiger partial charge is 0.354 e. The third-order valence-corrected chi connectivity index (χ3v) is 5.41. The second-order valence-corrected chi connectivity index (χ2v) is 7.30. The lowest BCUT2D eigenvalue weighted by Crippen LogP contribution is -2.33. The van der Waals surface area contributed by atoms with Crippen molar-refractivity contribution in [2.24, 2.45) is 0 Å². The Kier molecular flexibility index (Phi) is 5.27. The van der Waals surface area contributed by atoms with Crippen molar-refractivity contribution in [2.45, 2.75) is 33.1 Å². The molecule has 136 valence electrons. The first-order valence-electron chi connectivity index (χ1n) is 8.45. The van der Waals surface area contributed by atoms with Gasteiger partial charge in [0.05, 0.1) is 6.54 Å². The van der Waals surface area contributed by atoms with E-state index in [0.29, 0.717) is 28.9 Å². The molecule has 1 aromatic heterocycles. The van der Waals surface area contributed by atoms with Crippen molar-refractivity contribution in [3.63, 3.8) is 0 Å². The number of carbonyl (C=O) groups excluding carboxylic acids is 3. The predicted molar refractivity (Wildman–Crippen MR) is 103 cm³/mol. The van der Waals surface area contributed by atoms with E-state index in [1.54, 1.807) is 13.0 Å². The Morgan fingerprint density at radius 3 is 2.69 bits per heavy atom. The fourth-order valence-corrected chi connectivity index (χ4v) is 3.42. The number of hydrogen-bond donors (Lipinski definition) is 3. The van der Waals surface area contributed by atoms with Crippen molar-refractivity contribution < 1.29 is 14.4 Å². The van der Waals surface area contributed by atoms with Gasteiger partial charge in [0.15, 0.2) is 5.78 Å². The molecule has 3 rings (SSSR count). The molecule has 2 aromatic rings. The van der Waals surface area contributed by atoms with Gasteiger partial charge in [-0.15, -0.1) is 0 Å². The van der Waals surface area contributed by atoms with Gasteiger partial charge in [0.1, 0.15) is 5.69 Å². The van der Waals surface area contributed by atoms with Crippen molar-refractivity contribution in [2.75, 3.05) is 11.9 Å². The van der Waals surface area contributed by atoms with E-state index >= 15 is 0 Å². The van der Waals surface area contributed by atoms with Crippen molar-refractivity contribution >= 4 is 39.2 Å². The van der Waals surface area contributed by atoms with Gasteiger partial charge in [-0.3, -0.25) is 14.4 Å². The summed E-state index contributed by atoms with van der Waals surface area (Å²) in [4.78, 5) is 39.6. The lowest BCUT2D eigenvalue weighted by atomic mass is 9.94. The highest BCUT2D eigenvalue weighted by atomic mass is 79.9. The van der Waals surface area contributed by atoms with Crippen molar-refractivity contribution in [3.8, 4) is 0 Å². The Labute approximate surface area is 159 Å². The summed E-state index contributed by atoms with van der Waals surface area (Å²) in [5, 5.41) is 5.36. The fourth-order valence-electron chi connectivity index (χ4n) is 3.18. The van der Waals surface area contributed by atoms with Crippen LogP contribution in [-0.4, -0.2) is 29.1 Å². The number of aryl methyl sites for hydroxylation is 2. The first-order chi connectivity index (χ1) is 12.4. The Bertz CT molecular complexity index is 902. The van der Waals surface area contributed by atoms with Crippen LogP contribution in [0.25, 0.3) is 0 Å². The van der Waals surface area contributed by atoms with Crippen LogP contribution in [0.3, 0.4) is 0 Å². The monoisotopic (exact) mass is 417 g/mol. The zero-order chi connectivity index (χ0) is 18.8. The van der Waals surface area contributed by atoms with Gasteiger partial charge < -0.3 is 15.6 Å². The van der Waals surface area contributed by atoms with E-state index in [2.05, 4.69) is 31.5 Å². The minimum atomic E-state index is -0.383. The molecule has 1 heterocycles. The fraction of sp³-hybridized carbons (Fsp3) is 0.316. The number of aromatic amines is 1. The van der Waals surface area contributed by atoms with Gasteiger partial charge in [-0.25, -0.2) is 0 Å². The Balaban J connectivity index is 1.63. The second-order valence-electron chi connectivity index (χ2n) is 6.45. The Hall–Kier alpha value is -2.41. The van der Waals surface area contributed by atoms with E-state index in [-0.39, 0.29) is 24.1 Å². The van der Waals surface area contributed by atoms with Crippen LogP contribution in [0.5, 0.6) is 0 Å². The van der Waals surface area contributed by atoms with Gasteiger partial charge >= 0.3 is 0 Å². The average Bonchev–Trinajstić information content (AvgIpc) is 2.94. The molecule has 1 aliphatic carbocycles. The van der Waals surface area contributed by atoms with Gasteiger partial charge in [-0.05, 0) is 56.0 Å². The summed E-state index contributed by atoms with van der Waals surface area (Å²) >= 11 is 3.41. The summed E-state index contributed by atoms with van der Waals surface area (Å²) < 4.78 is 0.963. The number of anilines is 1. The van der Waals surface area contributed by atoms with Crippen LogP contribution >= 0.6 is 15.9 Å². The molecule has 26 heavy (non-hydrogen) atoms. The smallest absolute Gasteiger partial charge is 0.268 e. The molecular formula is C19H20BrN3O3. The van der Waals surface area contributed by atoms with Crippen LogP contribution in [0, 0.1) is 13.8 Å². The second kappa shape index (κ2) is 7.45. The lowest BCUT2D eigenvalue weighted by Gasteiger charge is -2.09. The predicted octanol–water partition coefficient (Wildman–Crippen LogP) is 3.28. The molecule has 3 N–H and O–H groups in total. The lowest BCUT2D eigenvalue weighted by molar-refractivity contribution is -0.115. The maximum atomic E-state index is 12.4. The number of rotatable bonds is 4. The van der Waals surface area contributed by atoms with Gasteiger partial charge in [0.25, 0.3) is 5.91 Å². The Morgan fingerprint density at radius 1 is 1.23 bits per heavy atom. The van der Waals surface area contributed by atoms with E-state index in [0.717, 1.165) is 28.6 Å². The molecule has 0 fully saturated rings. The van der Waals surface area contributed by atoms with Crippen molar-refractivity contribution in [1.82, 2.24) is 10.3 Å². The van der Waals surface area contributed by atoms with Crippen molar-refractivity contribution in [1.29, 1.82) is 0 Å². The molecule has 1 aliphatic rings. The summed E-state index contributed by atoms with van der Waals surface area (Å²) in [5.41, 5.74) is 4.14. The molecule has 7 heteroatoms. The van der Waals surface area contributed by atoms with E-state index < -0.39 is 0 Å². The molecule has 2 amide bonds. The van der Waals surface area contributed by atoms with E-state index in [4.69, 9.17) is 0 Å². The molecule has 1 aromatic carbocycles. The molecule has 0 aliphatic heterocycles. The number of hydrogen-bond acceptors (Lipinski definition) is 3. The number of H-pyrrole nitrogens is 1. The molecule has 0 unspecified atom stereocenters. The van der Waals surface area contributed by atoms with Gasteiger partial charge in [0.2, 0.25) is 5.91 Å². The van der Waals surface area contributed by atoms with Gasteiger partial charge in [-0.1, -0.05) is 15.9 Å². The molecule has 0 spiro atoms. The minimum absolute atomic E-state index is 0.0717. The maximum Gasteiger partial charge on any atom is 0.268 e. The first-order valence-corrected chi connectivity index (χ1v) is 9.25. The summed E-state index contributed by atoms with van der Waals surface area (Å²) in [6.45, 7) is 3.54. The van der Waals surface area contributed by atoms with Crippen LogP contribution in [0.15, 0.2) is 22.7 Å². The van der Waals surface area contributed by atoms with Gasteiger partial charge in [-0.2, -0.15) is 0 Å². The molecular weight excluding hydrogens is 398 g/mol. The SMILES string of the molecule is Cc1cc(NC(=O)CNC(=O)c2[nH]c3c(c2C)C(=O)CCC3)ccc1Br. The number of carbonyl (C=O) groups is 3. The molecule has 0 saturated heterocycles. The molecule has 6 nitrogen and oxygen atoms in total. The highest BCUT2D eigenvalue weighted by Gasteiger charge is 2.26. The summed E-state index contributed by atoms with van der Waals surface area (Å²) in [5.74, 6) is -0.626. The number of ketones is 1. The number of fused-ring (bicyclic) bond motifs is 1. The van der Waals surface area contributed by atoms with Crippen LogP contribution in [-0.2, 0) is 11.2 Å². The van der Waals surface area contributed by atoms with Gasteiger partial charge in [0, 0.05) is 27.8 Å². The molecule has 0 bridgehead atoms. The number of aromatic nitrogens is 1. The topological polar surface area (TPSA) is 91.1 Å². The third-order valence-electron chi connectivity index (χ3n) is 4.52. The third kappa shape index (κ3) is 3.72. The standard InChI is InChI=1S/C19H20BrN3O3/c1-10-8-12(6-7-13(10)20)22-16(25)9-21-19(26)18-11(2)17-14(23-18)4-3-5-15(17)24/h6-8,23H,3-5,9H2,1-2H3,(H,21,26)(H,22,25). The zero-order valence-corrected chi connectivity index (χ0v) is 16.2. The van der Waals surface area contributed by atoms with Crippen molar-refractivity contribution in [3.05, 3.63) is 50.8 Å². The molecule has 0 saturated carbocycles. The van der Waals surface area contributed by atoms with Crippen LogP contribution in [0.2, 0.25) is 0 Å². The van der Waals surface area contributed by atoms with E-state index in [9.17, 15) is 14.4 Å². The molecule has 0 radical (unpaired) electrons. The minimum Gasteiger partial charge on any atom is -0.354 e. The summed E-state index contributed by atoms with van der Waals surface area (Å²) in [6.07, 6.45) is 2.07. The van der Waals surface area contributed by atoms with Crippen LogP contribution in [0.4, 0.5) is 5.69 Å². The highest BCUT2D eigenvalue weighted by Crippen LogP contribution is 2.26. The molecule has 0 atom stereocenters. The highest BCUT2D eigenvalue weighted by molar-refractivity contribution is 9.10. The number of Topliss-reactive ketones (excluding diaryl/α,β-unsaturated/α-hetero) is 1. The number of benzene rings is 1. The zero-order valence-electron chi connectivity index (χ0n) is 14.7.